The Kier molecular flexibility index (Phi) is 3.14. The Morgan fingerprint density at radius 1 is 1.15 bits per heavy atom. The molecule has 0 N–H and O–H groups in total. The topological polar surface area (TPSA) is 47.6 Å². The lowest BCUT2D eigenvalue weighted by atomic mass is 10.1. The molecule has 1 aromatic rings. The fraction of sp³-hybridized carbons (Fsp3) is 0.111. The lowest BCUT2D eigenvalue weighted by molar-refractivity contribution is 1.24. The molecule has 64 valence electrons. The second-order valence-electron chi connectivity index (χ2n) is 2.33. The van der Waals surface area contributed by atoms with Crippen molar-refractivity contribution >= 4 is 23.2 Å². The Labute approximate surface area is 85.9 Å². The predicted octanol–water partition coefficient (Wildman–Crippen LogP) is 2.93. The van der Waals surface area contributed by atoms with Crippen LogP contribution in [0.5, 0.6) is 0 Å². The van der Waals surface area contributed by atoms with Crippen molar-refractivity contribution in [2.45, 2.75) is 6.42 Å². The van der Waals surface area contributed by atoms with Gasteiger partial charge in [0.25, 0.3) is 0 Å². The van der Waals surface area contributed by atoms with Crippen LogP contribution >= 0.6 is 23.2 Å². The van der Waals surface area contributed by atoms with E-state index in [0.717, 1.165) is 0 Å². The van der Waals surface area contributed by atoms with Gasteiger partial charge in [-0.3, -0.25) is 0 Å². The predicted molar refractivity (Wildman–Crippen MR) is 50.5 cm³/mol. The van der Waals surface area contributed by atoms with E-state index in [9.17, 15) is 0 Å². The zero-order valence-electron chi connectivity index (χ0n) is 6.51. The molecule has 0 aromatic heterocycles. The molecule has 0 saturated heterocycles. The maximum Gasteiger partial charge on any atom is 0.101 e. The minimum absolute atomic E-state index is 0.0995. The molecule has 1 rings (SSSR count). The molecule has 0 aliphatic rings. The molecule has 0 heterocycles. The number of hydrogen-bond donors (Lipinski definition) is 0. The van der Waals surface area contributed by atoms with Crippen LogP contribution in [0.15, 0.2) is 12.1 Å². The average Bonchev–Trinajstić information content (AvgIpc) is 2.12. The summed E-state index contributed by atoms with van der Waals surface area (Å²) in [5.74, 6) is 0. The van der Waals surface area contributed by atoms with E-state index in [1.807, 2.05) is 12.1 Å². The Balaban J connectivity index is 3.39. The Morgan fingerprint density at radius 2 is 1.77 bits per heavy atom. The number of halogens is 2. The summed E-state index contributed by atoms with van der Waals surface area (Å²) < 4.78 is 0. The molecule has 0 radical (unpaired) electrons. The third-order valence-corrected chi connectivity index (χ3v) is 2.24. The van der Waals surface area contributed by atoms with E-state index < -0.39 is 0 Å². The van der Waals surface area contributed by atoms with Crippen LogP contribution in [0.1, 0.15) is 11.1 Å². The van der Waals surface area contributed by atoms with Gasteiger partial charge in [-0.2, -0.15) is 10.5 Å². The Bertz CT molecular complexity index is 413. The highest BCUT2D eigenvalue weighted by Gasteiger charge is 2.10. The summed E-state index contributed by atoms with van der Waals surface area (Å²) in [7, 11) is 0. The molecule has 0 bridgehead atoms. The third kappa shape index (κ3) is 1.92. The molecule has 0 aliphatic heterocycles. The van der Waals surface area contributed by atoms with Crippen LogP contribution in [-0.2, 0) is 6.42 Å². The SMILES string of the molecule is N#CCc1c(Cl)ccc(Cl)c1C#N. The summed E-state index contributed by atoms with van der Waals surface area (Å²) in [5.41, 5.74) is 0.787. The normalized spacial score (nSPS) is 8.92. The van der Waals surface area contributed by atoms with Crippen molar-refractivity contribution in [1.29, 1.82) is 10.5 Å². The third-order valence-electron chi connectivity index (χ3n) is 1.57. The van der Waals surface area contributed by atoms with Crippen molar-refractivity contribution in [3.8, 4) is 12.1 Å². The van der Waals surface area contributed by atoms with E-state index in [2.05, 4.69) is 0 Å². The number of benzene rings is 1. The van der Waals surface area contributed by atoms with Crippen LogP contribution in [0, 0.1) is 22.7 Å². The van der Waals surface area contributed by atoms with Crippen LogP contribution in [0.25, 0.3) is 0 Å². The van der Waals surface area contributed by atoms with Crippen molar-refractivity contribution in [1.82, 2.24) is 0 Å². The van der Waals surface area contributed by atoms with Gasteiger partial charge in [-0.15, -0.1) is 0 Å². The highest BCUT2D eigenvalue weighted by molar-refractivity contribution is 6.34. The lowest BCUT2D eigenvalue weighted by Gasteiger charge is -2.03. The molecule has 4 heteroatoms. The summed E-state index contributed by atoms with van der Waals surface area (Å²) in [6.07, 6.45) is 0.0995. The van der Waals surface area contributed by atoms with Gasteiger partial charge in [0.1, 0.15) is 6.07 Å². The van der Waals surface area contributed by atoms with E-state index in [1.165, 1.54) is 0 Å². The highest BCUT2D eigenvalue weighted by atomic mass is 35.5. The summed E-state index contributed by atoms with van der Waals surface area (Å²) in [6.45, 7) is 0. The molecular weight excluding hydrogens is 207 g/mol. The average molecular weight is 211 g/mol. The van der Waals surface area contributed by atoms with E-state index in [4.69, 9.17) is 33.7 Å². The van der Waals surface area contributed by atoms with Gasteiger partial charge in [0.05, 0.1) is 23.1 Å². The van der Waals surface area contributed by atoms with Crippen molar-refractivity contribution < 1.29 is 0 Å². The van der Waals surface area contributed by atoms with Gasteiger partial charge >= 0.3 is 0 Å². The second-order valence-corrected chi connectivity index (χ2v) is 3.14. The maximum absolute atomic E-state index is 8.75. The summed E-state index contributed by atoms with van der Waals surface area (Å²) >= 11 is 11.5. The van der Waals surface area contributed by atoms with E-state index in [1.54, 1.807) is 12.1 Å². The standard InChI is InChI=1S/C9H4Cl2N2/c10-8-1-2-9(11)7(5-13)6(8)3-4-12/h1-2H,3H2. The monoisotopic (exact) mass is 210 g/mol. The first-order valence-electron chi connectivity index (χ1n) is 3.44. The minimum atomic E-state index is 0.0995. The fourth-order valence-corrected chi connectivity index (χ4v) is 1.41. The molecule has 1 aromatic carbocycles. The molecule has 0 unspecified atom stereocenters. The van der Waals surface area contributed by atoms with E-state index in [-0.39, 0.29) is 12.0 Å². The van der Waals surface area contributed by atoms with Crippen LogP contribution in [0.3, 0.4) is 0 Å². The van der Waals surface area contributed by atoms with Gasteiger partial charge in [-0.05, 0) is 12.1 Å². The molecular formula is C9H4Cl2N2. The first-order chi connectivity index (χ1) is 6.20. The van der Waals surface area contributed by atoms with Gasteiger partial charge in [0.15, 0.2) is 0 Å². The fourth-order valence-electron chi connectivity index (χ4n) is 0.967. The zero-order chi connectivity index (χ0) is 9.84. The van der Waals surface area contributed by atoms with Gasteiger partial charge in [0.2, 0.25) is 0 Å². The summed E-state index contributed by atoms with van der Waals surface area (Å²) in [6, 6.07) is 6.98. The summed E-state index contributed by atoms with van der Waals surface area (Å²) in [4.78, 5) is 0. The van der Waals surface area contributed by atoms with Crippen LogP contribution in [0.4, 0.5) is 0 Å². The lowest BCUT2D eigenvalue weighted by Crippen LogP contribution is -1.91. The van der Waals surface area contributed by atoms with Gasteiger partial charge in [0, 0.05) is 10.6 Å². The first-order valence-corrected chi connectivity index (χ1v) is 4.20. The van der Waals surface area contributed by atoms with Crippen molar-refractivity contribution in [3.63, 3.8) is 0 Å². The summed E-state index contributed by atoms with van der Waals surface area (Å²) in [5, 5.41) is 18.0. The Hall–Kier alpha value is -1.22. The molecule has 0 saturated carbocycles. The molecule has 0 atom stereocenters. The second kappa shape index (κ2) is 4.14. The molecule has 0 aliphatic carbocycles. The smallest absolute Gasteiger partial charge is 0.101 e. The molecule has 0 spiro atoms. The first kappa shape index (κ1) is 9.86. The van der Waals surface area contributed by atoms with Crippen molar-refractivity contribution in [3.05, 3.63) is 33.3 Å². The number of nitrogens with zero attached hydrogens (tertiary/aromatic N) is 2. The largest absolute Gasteiger partial charge is 0.198 e. The van der Waals surface area contributed by atoms with E-state index in [0.29, 0.717) is 15.6 Å². The van der Waals surface area contributed by atoms with Gasteiger partial charge in [-0.25, -0.2) is 0 Å². The molecule has 0 fully saturated rings. The molecule has 0 amide bonds. The zero-order valence-corrected chi connectivity index (χ0v) is 8.02. The van der Waals surface area contributed by atoms with Gasteiger partial charge < -0.3 is 0 Å². The van der Waals surface area contributed by atoms with E-state index >= 15 is 0 Å². The maximum atomic E-state index is 8.75. The van der Waals surface area contributed by atoms with Crippen molar-refractivity contribution in [2.24, 2.45) is 0 Å². The van der Waals surface area contributed by atoms with Crippen LogP contribution in [0.2, 0.25) is 10.0 Å². The number of rotatable bonds is 1. The quantitative estimate of drug-likeness (QED) is 0.716. The number of nitriles is 2. The van der Waals surface area contributed by atoms with Crippen molar-refractivity contribution in [2.75, 3.05) is 0 Å². The molecule has 2 nitrogen and oxygen atoms in total. The number of hydrogen-bond acceptors (Lipinski definition) is 2. The van der Waals surface area contributed by atoms with Crippen LogP contribution in [-0.4, -0.2) is 0 Å². The van der Waals surface area contributed by atoms with Gasteiger partial charge in [-0.1, -0.05) is 23.2 Å². The Morgan fingerprint density at radius 3 is 2.31 bits per heavy atom. The highest BCUT2D eigenvalue weighted by Crippen LogP contribution is 2.26. The molecule has 13 heavy (non-hydrogen) atoms. The minimum Gasteiger partial charge on any atom is -0.198 e. The van der Waals surface area contributed by atoms with Crippen LogP contribution < -0.4 is 0 Å².